The molecular formula is C8H15NO3. The molecule has 3 N–H and O–H groups in total. The minimum atomic E-state index is -0.970. The van der Waals surface area contributed by atoms with Crippen LogP contribution in [-0.2, 0) is 0 Å². The second-order valence-electron chi connectivity index (χ2n) is 4.03. The fourth-order valence-corrected chi connectivity index (χ4v) is 2.46. The molecule has 2 fully saturated rings. The van der Waals surface area contributed by atoms with Crippen molar-refractivity contribution in [3.05, 3.63) is 0 Å². The zero-order valence-corrected chi connectivity index (χ0v) is 7.14. The van der Waals surface area contributed by atoms with Crippen molar-refractivity contribution in [2.75, 3.05) is 7.05 Å². The van der Waals surface area contributed by atoms with Gasteiger partial charge in [0, 0.05) is 18.9 Å². The van der Waals surface area contributed by atoms with E-state index in [-0.39, 0.29) is 6.04 Å². The Hall–Kier alpha value is -0.160. The number of rotatable bonds is 0. The summed E-state index contributed by atoms with van der Waals surface area (Å²) >= 11 is 0. The summed E-state index contributed by atoms with van der Waals surface area (Å²) in [6.45, 7) is 0. The first kappa shape index (κ1) is 8.44. The molecule has 0 radical (unpaired) electrons. The van der Waals surface area contributed by atoms with E-state index < -0.39 is 17.9 Å². The molecule has 2 heterocycles. The second-order valence-corrected chi connectivity index (χ2v) is 4.03. The zero-order chi connectivity index (χ0) is 8.93. The van der Waals surface area contributed by atoms with Crippen molar-refractivity contribution in [3.8, 4) is 0 Å². The molecule has 2 rings (SSSR count). The van der Waals surface area contributed by atoms with Crippen LogP contribution in [0, 0.1) is 0 Å². The molecule has 2 saturated heterocycles. The average molecular weight is 173 g/mol. The molecule has 0 spiro atoms. The van der Waals surface area contributed by atoms with E-state index in [2.05, 4.69) is 0 Å². The van der Waals surface area contributed by atoms with Crippen molar-refractivity contribution >= 4 is 0 Å². The minimum Gasteiger partial charge on any atom is -0.393 e. The highest BCUT2D eigenvalue weighted by atomic mass is 16.3. The molecule has 0 amide bonds. The summed E-state index contributed by atoms with van der Waals surface area (Å²) in [5.41, 5.74) is -0.970. The fourth-order valence-electron chi connectivity index (χ4n) is 2.46. The van der Waals surface area contributed by atoms with E-state index in [1.54, 1.807) is 11.9 Å². The fraction of sp³-hybridized carbons (Fsp3) is 1.00. The molecule has 4 heteroatoms. The van der Waals surface area contributed by atoms with Crippen LogP contribution in [0.2, 0.25) is 0 Å². The van der Waals surface area contributed by atoms with Crippen LogP contribution >= 0.6 is 0 Å². The van der Waals surface area contributed by atoms with Crippen molar-refractivity contribution in [2.45, 2.75) is 43.2 Å². The zero-order valence-electron chi connectivity index (χ0n) is 7.14. The SMILES string of the molecule is CN1[C@@H]2CC(O)C[C@@]1(O)CC2O. The molecule has 0 aromatic heterocycles. The number of aliphatic hydroxyl groups excluding tert-OH is 2. The molecule has 12 heavy (non-hydrogen) atoms. The third kappa shape index (κ3) is 0.992. The lowest BCUT2D eigenvalue weighted by Crippen LogP contribution is -2.52. The Kier molecular flexibility index (Phi) is 1.70. The standard InChI is InChI=1S/C8H15NO3/c1-9-6-2-5(10)3-8(9,12)4-7(6)11/h5-7,10-12H,2-4H2,1H3/t5?,6-,7?,8-/m1/s1. The van der Waals surface area contributed by atoms with Crippen LogP contribution < -0.4 is 0 Å². The molecular weight excluding hydrogens is 158 g/mol. The summed E-state index contributed by atoms with van der Waals surface area (Å²) in [5.74, 6) is 0. The number of hydrogen-bond donors (Lipinski definition) is 3. The number of aliphatic hydroxyl groups is 3. The van der Waals surface area contributed by atoms with Crippen LogP contribution in [-0.4, -0.2) is 51.2 Å². The Bertz CT molecular complexity index is 195. The molecule has 4 nitrogen and oxygen atoms in total. The van der Waals surface area contributed by atoms with Crippen LogP contribution in [0.4, 0.5) is 0 Å². The highest BCUT2D eigenvalue weighted by Gasteiger charge is 2.53. The van der Waals surface area contributed by atoms with Gasteiger partial charge in [-0.2, -0.15) is 0 Å². The summed E-state index contributed by atoms with van der Waals surface area (Å²) in [5, 5.41) is 28.9. The molecule has 0 aliphatic carbocycles. The van der Waals surface area contributed by atoms with E-state index in [9.17, 15) is 15.3 Å². The molecule has 0 aromatic carbocycles. The highest BCUT2D eigenvalue weighted by Crippen LogP contribution is 2.41. The van der Waals surface area contributed by atoms with Gasteiger partial charge in [-0.3, -0.25) is 4.90 Å². The van der Waals surface area contributed by atoms with Gasteiger partial charge < -0.3 is 15.3 Å². The van der Waals surface area contributed by atoms with Gasteiger partial charge in [-0.25, -0.2) is 0 Å². The first-order chi connectivity index (χ1) is 5.53. The van der Waals surface area contributed by atoms with Crippen LogP contribution in [0.25, 0.3) is 0 Å². The number of nitrogens with zero attached hydrogens (tertiary/aromatic N) is 1. The van der Waals surface area contributed by atoms with Gasteiger partial charge >= 0.3 is 0 Å². The van der Waals surface area contributed by atoms with E-state index >= 15 is 0 Å². The Balaban J connectivity index is 2.25. The first-order valence-electron chi connectivity index (χ1n) is 4.34. The van der Waals surface area contributed by atoms with Crippen molar-refractivity contribution in [1.82, 2.24) is 4.90 Å². The first-order valence-corrected chi connectivity index (χ1v) is 4.34. The van der Waals surface area contributed by atoms with Crippen LogP contribution in [0.5, 0.6) is 0 Å². The van der Waals surface area contributed by atoms with Gasteiger partial charge in [-0.15, -0.1) is 0 Å². The largest absolute Gasteiger partial charge is 0.393 e. The van der Waals surface area contributed by atoms with Gasteiger partial charge in [0.2, 0.25) is 0 Å². The molecule has 2 aliphatic rings. The van der Waals surface area contributed by atoms with Crippen LogP contribution in [0.15, 0.2) is 0 Å². The van der Waals surface area contributed by atoms with Gasteiger partial charge in [-0.1, -0.05) is 0 Å². The summed E-state index contributed by atoms with van der Waals surface area (Å²) in [6, 6.07) is -0.0706. The van der Waals surface area contributed by atoms with Gasteiger partial charge in [-0.05, 0) is 13.5 Å². The van der Waals surface area contributed by atoms with Crippen molar-refractivity contribution < 1.29 is 15.3 Å². The van der Waals surface area contributed by atoms with E-state index in [0.717, 1.165) is 0 Å². The van der Waals surface area contributed by atoms with Crippen molar-refractivity contribution in [2.24, 2.45) is 0 Å². The molecule has 70 valence electrons. The van der Waals surface area contributed by atoms with E-state index in [1.807, 2.05) is 0 Å². The lowest BCUT2D eigenvalue weighted by molar-refractivity contribution is -0.136. The highest BCUT2D eigenvalue weighted by molar-refractivity contribution is 5.03. The number of piperidine rings is 1. The van der Waals surface area contributed by atoms with Gasteiger partial charge in [0.15, 0.2) is 0 Å². The maximum atomic E-state index is 9.94. The number of hydrogen-bond acceptors (Lipinski definition) is 4. The molecule has 2 unspecified atom stereocenters. The molecule has 4 atom stereocenters. The summed E-state index contributed by atoms with van der Waals surface area (Å²) in [4.78, 5) is 1.78. The van der Waals surface area contributed by atoms with E-state index in [0.29, 0.717) is 19.3 Å². The molecule has 0 aromatic rings. The lowest BCUT2D eigenvalue weighted by Gasteiger charge is -2.40. The second kappa shape index (κ2) is 2.42. The van der Waals surface area contributed by atoms with Crippen LogP contribution in [0.1, 0.15) is 19.3 Å². The predicted molar refractivity (Wildman–Crippen MR) is 42.4 cm³/mol. The van der Waals surface area contributed by atoms with Crippen molar-refractivity contribution in [1.29, 1.82) is 0 Å². The lowest BCUT2D eigenvalue weighted by atomic mass is 9.98. The normalized spacial score (nSPS) is 54.5. The predicted octanol–water partition coefficient (Wildman–Crippen LogP) is -1.11. The maximum absolute atomic E-state index is 9.94. The van der Waals surface area contributed by atoms with Gasteiger partial charge in [0.05, 0.1) is 12.2 Å². The smallest absolute Gasteiger partial charge is 0.123 e. The Morgan fingerprint density at radius 1 is 1.33 bits per heavy atom. The maximum Gasteiger partial charge on any atom is 0.123 e. The third-order valence-corrected chi connectivity index (χ3v) is 3.21. The van der Waals surface area contributed by atoms with E-state index in [1.165, 1.54) is 0 Å². The Morgan fingerprint density at radius 3 is 2.58 bits per heavy atom. The monoisotopic (exact) mass is 173 g/mol. The molecule has 0 saturated carbocycles. The summed E-state index contributed by atoms with van der Waals surface area (Å²) in [6.07, 6.45) is 0.341. The minimum absolute atomic E-state index is 0.0706. The number of likely N-dealkylation sites (N-methyl/N-ethyl adjacent to an activating group) is 1. The molecule has 2 bridgehead atoms. The Morgan fingerprint density at radius 2 is 2.00 bits per heavy atom. The summed E-state index contributed by atoms with van der Waals surface area (Å²) in [7, 11) is 1.80. The summed E-state index contributed by atoms with van der Waals surface area (Å²) < 4.78 is 0. The third-order valence-electron chi connectivity index (χ3n) is 3.21. The van der Waals surface area contributed by atoms with Gasteiger partial charge in [0.1, 0.15) is 5.72 Å². The average Bonchev–Trinajstić information content (AvgIpc) is 2.13. The van der Waals surface area contributed by atoms with E-state index in [4.69, 9.17) is 0 Å². The quantitative estimate of drug-likeness (QED) is 0.435. The topological polar surface area (TPSA) is 63.9 Å². The number of fused-ring (bicyclic) bond motifs is 2. The molecule has 2 aliphatic heterocycles. The Labute approximate surface area is 71.4 Å². The van der Waals surface area contributed by atoms with Crippen molar-refractivity contribution in [3.63, 3.8) is 0 Å². The van der Waals surface area contributed by atoms with Gasteiger partial charge in [0.25, 0.3) is 0 Å². The van der Waals surface area contributed by atoms with Crippen LogP contribution in [0.3, 0.4) is 0 Å².